The third-order valence-corrected chi connectivity index (χ3v) is 9.83. The summed E-state index contributed by atoms with van der Waals surface area (Å²) in [5.74, 6) is -0.141. The number of hydrogen-bond acceptors (Lipinski definition) is 1. The normalized spacial score (nSPS) is 13.9. The summed E-state index contributed by atoms with van der Waals surface area (Å²) < 4.78 is 6.75. The van der Waals surface area contributed by atoms with E-state index in [9.17, 15) is 4.79 Å². The molecule has 0 unspecified atom stereocenters. The first kappa shape index (κ1) is 27.9. The number of carbonyl (C=O) groups excluding carboxylic acids is 1. The number of rotatable bonds is 4. The zero-order valence-electron chi connectivity index (χ0n) is 22.2. The van der Waals surface area contributed by atoms with Crippen molar-refractivity contribution in [1.29, 1.82) is 0 Å². The lowest BCUT2D eigenvalue weighted by atomic mass is 9.70. The summed E-state index contributed by atoms with van der Waals surface area (Å²) in [6.07, 6.45) is 0. The Morgan fingerprint density at radius 2 is 1.12 bits per heavy atom. The van der Waals surface area contributed by atoms with Gasteiger partial charge in [0.25, 0.3) is 0 Å². The van der Waals surface area contributed by atoms with Crippen LogP contribution in [0, 0.1) is 34.8 Å². The van der Waals surface area contributed by atoms with Gasteiger partial charge in [-0.3, -0.25) is 4.79 Å². The van der Waals surface area contributed by atoms with E-state index in [1.54, 1.807) is 6.07 Å². The summed E-state index contributed by atoms with van der Waals surface area (Å²) in [6.45, 7) is 8.32. The maximum Gasteiger partial charge on any atom is 0.244 e. The number of fused-ring (bicyclic) bond motifs is 1. The zero-order chi connectivity index (χ0) is 28.5. The second-order valence-corrected chi connectivity index (χ2v) is 13.5. The van der Waals surface area contributed by atoms with Gasteiger partial charge in [0.05, 0.1) is 10.7 Å². The molecule has 5 aromatic rings. The molecular weight excluding hydrogens is 767 g/mol. The van der Waals surface area contributed by atoms with Gasteiger partial charge in [-0.1, -0.05) is 23.2 Å². The zero-order valence-corrected chi connectivity index (χ0v) is 28.1. The van der Waals surface area contributed by atoms with Crippen molar-refractivity contribution in [3.63, 3.8) is 0 Å². The Hall–Kier alpha value is -2.27. The van der Waals surface area contributed by atoms with Crippen LogP contribution in [-0.4, -0.2) is 15.0 Å². The Kier molecular flexibility index (Phi) is 7.12. The average molecular weight is 792 g/mol. The van der Waals surface area contributed by atoms with Crippen molar-refractivity contribution < 1.29 is 4.79 Å². The summed E-state index contributed by atoms with van der Waals surface area (Å²) in [5.41, 5.74) is 8.15. The predicted octanol–water partition coefficient (Wildman–Crippen LogP) is 9.30. The van der Waals surface area contributed by atoms with Gasteiger partial charge in [-0.2, -0.15) is 0 Å². The molecule has 2 aromatic heterocycles. The maximum atomic E-state index is 14.5. The number of aryl methyl sites for hydroxylation is 2. The fourth-order valence-electron chi connectivity index (χ4n) is 6.27. The van der Waals surface area contributed by atoms with Crippen molar-refractivity contribution in [3.8, 4) is 11.4 Å². The van der Waals surface area contributed by atoms with Gasteiger partial charge in [-0.25, -0.2) is 0 Å². The lowest BCUT2D eigenvalue weighted by Gasteiger charge is -2.29. The van der Waals surface area contributed by atoms with E-state index >= 15 is 0 Å². The van der Waals surface area contributed by atoms with Gasteiger partial charge in [-0.15, -0.1) is 0 Å². The van der Waals surface area contributed by atoms with Crippen LogP contribution in [0.4, 0.5) is 5.69 Å². The van der Waals surface area contributed by atoms with E-state index in [0.717, 1.165) is 58.0 Å². The molecule has 0 atom stereocenters. The fourth-order valence-corrected chi connectivity index (χ4v) is 7.53. The van der Waals surface area contributed by atoms with Gasteiger partial charge in [0.15, 0.2) is 0 Å². The molecule has 1 amide bonds. The standard InChI is InChI=1S/C32H25Cl2I2N3O/c1-17-13-26(19(3)38(17)24-9-5-22(35)6-10-24)32(28-15-21(33)16-29(34)30(28)37-31(32)40)27-14-18(2)39(20(27)4)25-11-7-23(36)8-12-25/h5-16H,1-4H3,(H,37,40). The molecule has 4 nitrogen and oxygen atoms in total. The molecule has 0 saturated carbocycles. The molecule has 1 N–H and O–H groups in total. The summed E-state index contributed by atoms with van der Waals surface area (Å²) in [4.78, 5) is 14.5. The monoisotopic (exact) mass is 791 g/mol. The fraction of sp³-hybridized carbons (Fsp3) is 0.156. The molecule has 202 valence electrons. The van der Waals surface area contributed by atoms with E-state index in [0.29, 0.717) is 15.7 Å². The van der Waals surface area contributed by atoms with Crippen molar-refractivity contribution in [2.24, 2.45) is 0 Å². The van der Waals surface area contributed by atoms with Gasteiger partial charge in [0.2, 0.25) is 5.91 Å². The summed E-state index contributed by atoms with van der Waals surface area (Å²) >= 11 is 17.9. The van der Waals surface area contributed by atoms with Crippen LogP contribution in [0.15, 0.2) is 72.8 Å². The van der Waals surface area contributed by atoms with E-state index in [1.807, 2.05) is 6.07 Å². The molecule has 8 heteroatoms. The minimum Gasteiger partial charge on any atom is -0.323 e. The van der Waals surface area contributed by atoms with Gasteiger partial charge < -0.3 is 14.5 Å². The van der Waals surface area contributed by atoms with Crippen LogP contribution in [-0.2, 0) is 10.2 Å². The molecule has 0 spiro atoms. The van der Waals surface area contributed by atoms with Gasteiger partial charge in [-0.05, 0) is 157 Å². The maximum absolute atomic E-state index is 14.5. The smallest absolute Gasteiger partial charge is 0.244 e. The van der Waals surface area contributed by atoms with Crippen molar-refractivity contribution in [2.75, 3.05) is 5.32 Å². The van der Waals surface area contributed by atoms with Crippen LogP contribution < -0.4 is 5.32 Å². The van der Waals surface area contributed by atoms with Crippen LogP contribution in [0.2, 0.25) is 10.0 Å². The lowest BCUT2D eigenvalue weighted by molar-refractivity contribution is -0.118. The number of aromatic nitrogens is 2. The first-order chi connectivity index (χ1) is 19.0. The van der Waals surface area contributed by atoms with E-state index in [-0.39, 0.29) is 5.91 Å². The SMILES string of the molecule is Cc1cc(C2(c3cc(C)n(-c4ccc(I)cc4)c3C)C(=O)Nc3c(Cl)cc(Cl)cc32)c(C)n1-c1ccc(I)cc1. The Morgan fingerprint density at radius 3 is 1.57 bits per heavy atom. The van der Waals surface area contributed by atoms with Crippen molar-refractivity contribution >= 4 is 80.0 Å². The topological polar surface area (TPSA) is 39.0 Å². The summed E-state index contributed by atoms with van der Waals surface area (Å²) in [5, 5.41) is 4.05. The van der Waals surface area contributed by atoms with E-state index in [4.69, 9.17) is 23.2 Å². The number of nitrogens with one attached hydrogen (secondary N) is 1. The van der Waals surface area contributed by atoms with E-state index in [2.05, 4.69) is 148 Å². The first-order valence-corrected chi connectivity index (χ1v) is 15.7. The van der Waals surface area contributed by atoms with Crippen molar-refractivity contribution in [2.45, 2.75) is 33.1 Å². The number of halogens is 4. The minimum absolute atomic E-state index is 0.141. The highest BCUT2D eigenvalue weighted by Crippen LogP contribution is 2.53. The van der Waals surface area contributed by atoms with Gasteiger partial charge in [0.1, 0.15) is 5.41 Å². The van der Waals surface area contributed by atoms with Gasteiger partial charge in [0, 0.05) is 51.9 Å². The Balaban J connectivity index is 1.70. The lowest BCUT2D eigenvalue weighted by Crippen LogP contribution is -2.38. The van der Waals surface area contributed by atoms with Crippen LogP contribution in [0.1, 0.15) is 39.5 Å². The van der Waals surface area contributed by atoms with Gasteiger partial charge >= 0.3 is 0 Å². The molecular formula is C32H25Cl2I2N3O. The molecule has 0 radical (unpaired) electrons. The predicted molar refractivity (Wildman–Crippen MR) is 181 cm³/mol. The number of nitrogens with zero attached hydrogens (tertiary/aromatic N) is 2. The number of anilines is 1. The number of hydrogen-bond donors (Lipinski definition) is 1. The Morgan fingerprint density at radius 1 is 0.675 bits per heavy atom. The third kappa shape index (κ3) is 4.16. The first-order valence-electron chi connectivity index (χ1n) is 12.8. The Labute approximate surface area is 271 Å². The minimum atomic E-state index is -1.16. The Bertz CT molecular complexity index is 1720. The number of amides is 1. The molecule has 1 aliphatic rings. The number of carbonyl (C=O) groups is 1. The van der Waals surface area contributed by atoms with Crippen molar-refractivity contribution in [3.05, 3.63) is 129 Å². The van der Waals surface area contributed by atoms with Crippen LogP contribution in [0.25, 0.3) is 11.4 Å². The molecule has 3 aromatic carbocycles. The van der Waals surface area contributed by atoms with E-state index in [1.165, 1.54) is 0 Å². The van der Waals surface area contributed by atoms with Crippen LogP contribution in [0.3, 0.4) is 0 Å². The molecule has 0 aliphatic carbocycles. The molecule has 0 fully saturated rings. The summed E-state index contributed by atoms with van der Waals surface area (Å²) in [7, 11) is 0. The van der Waals surface area contributed by atoms with Crippen LogP contribution in [0.5, 0.6) is 0 Å². The third-order valence-electron chi connectivity index (χ3n) is 7.88. The van der Waals surface area contributed by atoms with Crippen LogP contribution >= 0.6 is 68.4 Å². The average Bonchev–Trinajstić information content (AvgIpc) is 3.48. The van der Waals surface area contributed by atoms with E-state index < -0.39 is 5.41 Å². The highest BCUT2D eigenvalue weighted by Gasteiger charge is 2.53. The molecule has 6 rings (SSSR count). The quantitative estimate of drug-likeness (QED) is 0.181. The second kappa shape index (κ2) is 10.2. The molecule has 0 saturated heterocycles. The molecule has 0 bridgehead atoms. The summed E-state index contributed by atoms with van der Waals surface area (Å²) in [6, 6.07) is 24.6. The highest BCUT2D eigenvalue weighted by molar-refractivity contribution is 14.1. The number of benzene rings is 3. The second-order valence-electron chi connectivity index (χ2n) is 10.2. The highest BCUT2D eigenvalue weighted by atomic mass is 127. The van der Waals surface area contributed by atoms with Crippen molar-refractivity contribution in [1.82, 2.24) is 9.13 Å². The molecule has 3 heterocycles. The largest absolute Gasteiger partial charge is 0.323 e. The molecule has 1 aliphatic heterocycles. The molecule has 40 heavy (non-hydrogen) atoms.